The largest absolute Gasteiger partial charge is 0.485 e. The Labute approximate surface area is 156 Å². The van der Waals surface area contributed by atoms with E-state index in [0.717, 1.165) is 11.8 Å². The Morgan fingerprint density at radius 3 is 2.70 bits per heavy atom. The van der Waals surface area contributed by atoms with E-state index in [-0.39, 0.29) is 29.9 Å². The van der Waals surface area contributed by atoms with Crippen molar-refractivity contribution in [2.45, 2.75) is 19.4 Å². The molecule has 0 N–H and O–H groups in total. The van der Waals surface area contributed by atoms with Crippen molar-refractivity contribution in [1.29, 1.82) is 0 Å². The highest BCUT2D eigenvalue weighted by atomic mass is 32.2. The number of nitro benzene ring substituents is 1. The number of carbonyl (C=O) groups excluding carboxylic acids is 1. The molecule has 8 nitrogen and oxygen atoms in total. The molecule has 0 bridgehead atoms. The van der Waals surface area contributed by atoms with E-state index in [9.17, 15) is 23.3 Å². The van der Waals surface area contributed by atoms with Gasteiger partial charge in [0.15, 0.2) is 12.4 Å². The van der Waals surface area contributed by atoms with Crippen molar-refractivity contribution in [3.05, 3.63) is 63.7 Å². The number of non-ortho nitro benzene ring substituents is 1. The third-order valence-electron chi connectivity index (χ3n) is 4.31. The molecule has 0 aromatic heterocycles. The lowest BCUT2D eigenvalue weighted by molar-refractivity contribution is -0.384. The summed E-state index contributed by atoms with van der Waals surface area (Å²) < 4.78 is 30.6. The van der Waals surface area contributed by atoms with Crippen molar-refractivity contribution >= 4 is 27.2 Å². The number of ether oxygens (including phenoxy) is 1. The van der Waals surface area contributed by atoms with Gasteiger partial charge in [-0.3, -0.25) is 19.2 Å². The Bertz CT molecular complexity index is 1020. The molecule has 2 aromatic rings. The zero-order valence-electron chi connectivity index (χ0n) is 14.8. The molecule has 142 valence electrons. The average molecular weight is 390 g/mol. The molecule has 0 spiro atoms. The van der Waals surface area contributed by atoms with Gasteiger partial charge in [-0.2, -0.15) is 0 Å². The Morgan fingerprint density at radius 2 is 2.04 bits per heavy atom. The van der Waals surface area contributed by atoms with Gasteiger partial charge in [0.05, 0.1) is 22.9 Å². The van der Waals surface area contributed by atoms with Gasteiger partial charge in [-0.25, -0.2) is 8.42 Å². The van der Waals surface area contributed by atoms with Crippen molar-refractivity contribution in [2.75, 3.05) is 17.2 Å². The van der Waals surface area contributed by atoms with Gasteiger partial charge in [0.1, 0.15) is 5.75 Å². The molecule has 0 saturated carbocycles. The zero-order valence-corrected chi connectivity index (χ0v) is 15.6. The zero-order chi connectivity index (χ0) is 19.8. The van der Waals surface area contributed by atoms with Crippen molar-refractivity contribution in [2.24, 2.45) is 0 Å². The van der Waals surface area contributed by atoms with E-state index in [1.165, 1.54) is 28.6 Å². The molecule has 27 heavy (non-hydrogen) atoms. The summed E-state index contributed by atoms with van der Waals surface area (Å²) in [4.78, 5) is 22.6. The number of carbonyl (C=O) groups is 1. The van der Waals surface area contributed by atoms with Crippen molar-refractivity contribution in [3.63, 3.8) is 0 Å². The fraction of sp³-hybridized carbons (Fsp3) is 0.278. The maximum absolute atomic E-state index is 12.4. The molecule has 1 heterocycles. The summed E-state index contributed by atoms with van der Waals surface area (Å²) in [5, 5.41) is 10.8. The molecule has 2 aromatic carbocycles. The van der Waals surface area contributed by atoms with Gasteiger partial charge in [-0.1, -0.05) is 6.07 Å². The first kappa shape index (κ1) is 18.8. The van der Waals surface area contributed by atoms with Gasteiger partial charge in [0.25, 0.3) is 5.69 Å². The third kappa shape index (κ3) is 3.92. The summed E-state index contributed by atoms with van der Waals surface area (Å²) in [6.45, 7) is 1.54. The van der Waals surface area contributed by atoms with Gasteiger partial charge in [0, 0.05) is 17.7 Å². The van der Waals surface area contributed by atoms with Crippen LogP contribution in [0.5, 0.6) is 5.75 Å². The van der Waals surface area contributed by atoms with E-state index in [1.54, 1.807) is 18.2 Å². The molecule has 0 unspecified atom stereocenters. The number of fused-ring (bicyclic) bond motifs is 1. The normalized spacial score (nSPS) is 16.1. The number of hydrogen-bond donors (Lipinski definition) is 0. The molecule has 1 aliphatic heterocycles. The topological polar surface area (TPSA) is 107 Å². The third-order valence-corrected chi connectivity index (χ3v) is 5.58. The first-order valence-corrected chi connectivity index (χ1v) is 10.0. The molecule has 1 atom stereocenters. The minimum Gasteiger partial charge on any atom is -0.485 e. The second-order valence-corrected chi connectivity index (χ2v) is 8.28. The van der Waals surface area contributed by atoms with Crippen LogP contribution in [-0.2, 0) is 16.4 Å². The first-order chi connectivity index (χ1) is 12.7. The summed E-state index contributed by atoms with van der Waals surface area (Å²) in [5.74, 6) is -0.0645. The van der Waals surface area contributed by atoms with Gasteiger partial charge in [-0.15, -0.1) is 0 Å². The lowest BCUT2D eigenvalue weighted by atomic mass is 10.0. The number of rotatable bonds is 6. The van der Waals surface area contributed by atoms with E-state index in [4.69, 9.17) is 4.74 Å². The Balaban J connectivity index is 1.75. The van der Waals surface area contributed by atoms with Crippen LogP contribution in [0.2, 0.25) is 0 Å². The fourth-order valence-electron chi connectivity index (χ4n) is 3.20. The van der Waals surface area contributed by atoms with Crippen LogP contribution in [0.1, 0.15) is 22.8 Å². The fourth-order valence-corrected chi connectivity index (χ4v) is 4.46. The van der Waals surface area contributed by atoms with Crippen LogP contribution in [0.15, 0.2) is 42.5 Å². The second kappa shape index (κ2) is 6.99. The molecule has 1 aliphatic rings. The Morgan fingerprint density at radius 1 is 1.30 bits per heavy atom. The molecule has 0 fully saturated rings. The number of hydrogen-bond acceptors (Lipinski definition) is 6. The van der Waals surface area contributed by atoms with Gasteiger partial charge in [0.2, 0.25) is 10.0 Å². The van der Waals surface area contributed by atoms with E-state index >= 15 is 0 Å². The van der Waals surface area contributed by atoms with E-state index in [1.807, 2.05) is 6.92 Å². The summed E-state index contributed by atoms with van der Waals surface area (Å²) in [5.41, 5.74) is 1.66. The van der Waals surface area contributed by atoms with Crippen LogP contribution in [0.4, 0.5) is 11.4 Å². The Kier molecular flexibility index (Phi) is 4.88. The minimum absolute atomic E-state index is 0.118. The second-order valence-electron chi connectivity index (χ2n) is 6.42. The Hall–Kier alpha value is -2.94. The highest BCUT2D eigenvalue weighted by Gasteiger charge is 2.32. The molecule has 0 radical (unpaired) electrons. The maximum atomic E-state index is 12.4. The van der Waals surface area contributed by atoms with Crippen LogP contribution < -0.4 is 9.04 Å². The van der Waals surface area contributed by atoms with Crippen molar-refractivity contribution < 1.29 is 22.9 Å². The van der Waals surface area contributed by atoms with Crippen LogP contribution in [0.3, 0.4) is 0 Å². The van der Waals surface area contributed by atoms with Gasteiger partial charge < -0.3 is 4.74 Å². The lowest BCUT2D eigenvalue weighted by Gasteiger charge is -2.21. The van der Waals surface area contributed by atoms with Crippen molar-refractivity contribution in [1.82, 2.24) is 0 Å². The average Bonchev–Trinajstić information content (AvgIpc) is 2.94. The predicted molar refractivity (Wildman–Crippen MR) is 99.9 cm³/mol. The van der Waals surface area contributed by atoms with Crippen LogP contribution in [0.25, 0.3) is 0 Å². The van der Waals surface area contributed by atoms with Crippen LogP contribution in [-0.4, -0.2) is 38.0 Å². The molecular formula is C18H18N2O6S. The number of sulfonamides is 1. The van der Waals surface area contributed by atoms with E-state index < -0.39 is 14.9 Å². The number of nitro groups is 1. The summed E-state index contributed by atoms with van der Waals surface area (Å²) in [6, 6.07) is 10.3. The maximum Gasteiger partial charge on any atom is 0.273 e. The number of Topliss-reactive ketones (excluding diaryl/α,β-unsaturated/α-hetero) is 1. The smallest absolute Gasteiger partial charge is 0.273 e. The van der Waals surface area contributed by atoms with Crippen molar-refractivity contribution in [3.8, 4) is 5.75 Å². The monoisotopic (exact) mass is 390 g/mol. The number of nitrogens with zero attached hydrogens (tertiary/aromatic N) is 2. The summed E-state index contributed by atoms with van der Waals surface area (Å²) in [7, 11) is -3.39. The first-order valence-electron chi connectivity index (χ1n) is 8.19. The lowest BCUT2D eigenvalue weighted by Crippen LogP contribution is -2.34. The molecule has 9 heteroatoms. The summed E-state index contributed by atoms with van der Waals surface area (Å²) >= 11 is 0. The number of ketones is 1. The van der Waals surface area contributed by atoms with E-state index in [0.29, 0.717) is 17.7 Å². The molecule has 0 aliphatic carbocycles. The SMILES string of the molecule is C[C@H]1Cc2cc(C(=O)COc3cccc([N+](=O)[O-])c3)ccc2N1S(C)(=O)=O. The van der Waals surface area contributed by atoms with E-state index in [2.05, 4.69) is 0 Å². The van der Waals surface area contributed by atoms with Gasteiger partial charge in [-0.05, 0) is 43.2 Å². The number of benzene rings is 2. The van der Waals surface area contributed by atoms with Crippen LogP contribution >= 0.6 is 0 Å². The summed E-state index contributed by atoms with van der Waals surface area (Å²) in [6.07, 6.45) is 1.68. The number of anilines is 1. The molecule has 0 saturated heterocycles. The van der Waals surface area contributed by atoms with Crippen LogP contribution in [0, 0.1) is 10.1 Å². The quantitative estimate of drug-likeness (QED) is 0.426. The van der Waals surface area contributed by atoms with Gasteiger partial charge >= 0.3 is 0 Å². The highest BCUT2D eigenvalue weighted by Crippen LogP contribution is 2.34. The molecule has 0 amide bonds. The highest BCUT2D eigenvalue weighted by molar-refractivity contribution is 7.92. The predicted octanol–water partition coefficient (Wildman–Crippen LogP) is 2.57. The standard InChI is InChI=1S/C18H18N2O6S/c1-12-8-14-9-13(6-7-17(14)19(12)27(2,24)25)18(21)11-26-16-5-3-4-15(10-16)20(22)23/h3-7,9-10,12H,8,11H2,1-2H3/t12-/m0/s1. The minimum atomic E-state index is -3.39. The molecular weight excluding hydrogens is 372 g/mol. The molecule has 3 rings (SSSR count).